The standard InChI is InChI=1S/C6H18O6Si4/c1-7-15(5)9-13(3)11-16(6,8-2)12-14(4)10-15/h1-6H3. The molecule has 94 valence electrons. The van der Waals surface area contributed by atoms with E-state index in [0.717, 1.165) is 0 Å². The lowest BCUT2D eigenvalue weighted by atomic mass is 11.8. The van der Waals surface area contributed by atoms with Gasteiger partial charge in [-0.15, -0.1) is 0 Å². The molecule has 1 fully saturated rings. The van der Waals surface area contributed by atoms with Gasteiger partial charge < -0.3 is 25.3 Å². The van der Waals surface area contributed by atoms with Gasteiger partial charge in [-0.2, -0.15) is 0 Å². The Hall–Kier alpha value is 0.628. The van der Waals surface area contributed by atoms with Gasteiger partial charge in [-0.3, -0.25) is 0 Å². The second-order valence-electron chi connectivity index (χ2n) is 3.52. The average molecular weight is 299 g/mol. The molecule has 2 radical (unpaired) electrons. The third-order valence-electron chi connectivity index (χ3n) is 2.06. The zero-order chi connectivity index (χ0) is 12.4. The monoisotopic (exact) mass is 298 g/mol. The maximum Gasteiger partial charge on any atom is 0.479 e. The van der Waals surface area contributed by atoms with Crippen LogP contribution < -0.4 is 0 Å². The highest BCUT2D eigenvalue weighted by Gasteiger charge is 2.48. The number of rotatable bonds is 2. The first kappa shape index (κ1) is 14.7. The quantitative estimate of drug-likeness (QED) is 0.701. The minimum absolute atomic E-state index is 1.47. The molecule has 0 amide bonds. The van der Waals surface area contributed by atoms with Crippen LogP contribution in [0, 0.1) is 0 Å². The molecule has 0 aliphatic carbocycles. The van der Waals surface area contributed by atoms with Crippen LogP contribution in [-0.2, 0) is 25.3 Å². The van der Waals surface area contributed by atoms with Gasteiger partial charge in [-0.1, -0.05) is 0 Å². The van der Waals surface area contributed by atoms with Crippen LogP contribution in [0.2, 0.25) is 26.2 Å². The highest BCUT2D eigenvalue weighted by Crippen LogP contribution is 2.21. The fraction of sp³-hybridized carbons (Fsp3) is 1.00. The molecule has 1 rings (SSSR count). The molecule has 0 atom stereocenters. The van der Waals surface area contributed by atoms with Gasteiger partial charge in [0.1, 0.15) is 0 Å². The van der Waals surface area contributed by atoms with Gasteiger partial charge in [-0.05, 0) is 13.1 Å². The van der Waals surface area contributed by atoms with Crippen molar-refractivity contribution >= 4 is 36.2 Å². The van der Waals surface area contributed by atoms with Crippen molar-refractivity contribution in [3.05, 3.63) is 0 Å². The van der Waals surface area contributed by atoms with E-state index >= 15 is 0 Å². The summed E-state index contributed by atoms with van der Waals surface area (Å²) >= 11 is 0. The van der Waals surface area contributed by atoms with E-state index in [1.54, 1.807) is 14.2 Å². The predicted octanol–water partition coefficient (Wildman–Crippen LogP) is 0.733. The van der Waals surface area contributed by atoms with E-state index in [-0.39, 0.29) is 0 Å². The predicted molar refractivity (Wildman–Crippen MR) is 64.8 cm³/mol. The van der Waals surface area contributed by atoms with Crippen LogP contribution in [0.5, 0.6) is 0 Å². The van der Waals surface area contributed by atoms with Gasteiger partial charge in [0.25, 0.3) is 0 Å². The molecule has 16 heavy (non-hydrogen) atoms. The van der Waals surface area contributed by atoms with Crippen LogP contribution in [0.25, 0.3) is 0 Å². The third-order valence-corrected chi connectivity index (χ3v) is 14.1. The van der Waals surface area contributed by atoms with Crippen LogP contribution in [0.3, 0.4) is 0 Å². The van der Waals surface area contributed by atoms with E-state index < -0.39 is 36.2 Å². The summed E-state index contributed by atoms with van der Waals surface area (Å²) in [4.78, 5) is 0. The van der Waals surface area contributed by atoms with Gasteiger partial charge in [0.2, 0.25) is 0 Å². The molecule has 1 aliphatic rings. The van der Waals surface area contributed by atoms with E-state index in [1.807, 2.05) is 26.2 Å². The minimum atomic E-state index is -2.59. The highest BCUT2D eigenvalue weighted by atomic mass is 28.5. The Balaban J connectivity index is 2.78. The number of hydrogen-bond acceptors (Lipinski definition) is 6. The summed E-state index contributed by atoms with van der Waals surface area (Å²) in [6.07, 6.45) is 0. The zero-order valence-electron chi connectivity index (χ0n) is 10.4. The Kier molecular flexibility index (Phi) is 5.06. The van der Waals surface area contributed by atoms with Crippen molar-refractivity contribution in [2.24, 2.45) is 0 Å². The van der Waals surface area contributed by atoms with Gasteiger partial charge in [0.15, 0.2) is 0 Å². The van der Waals surface area contributed by atoms with E-state index in [9.17, 15) is 0 Å². The molecular weight excluding hydrogens is 280 g/mol. The fourth-order valence-electron chi connectivity index (χ4n) is 1.29. The van der Waals surface area contributed by atoms with Crippen molar-refractivity contribution in [2.75, 3.05) is 14.2 Å². The van der Waals surface area contributed by atoms with Crippen LogP contribution in [0.15, 0.2) is 0 Å². The topological polar surface area (TPSA) is 55.4 Å². The van der Waals surface area contributed by atoms with Crippen molar-refractivity contribution in [1.82, 2.24) is 0 Å². The lowest BCUT2D eigenvalue weighted by Gasteiger charge is -2.37. The van der Waals surface area contributed by atoms with E-state index in [0.29, 0.717) is 0 Å². The summed E-state index contributed by atoms with van der Waals surface area (Å²) in [5, 5.41) is 0. The first-order chi connectivity index (χ1) is 7.32. The molecular formula is C6H18O6Si4. The molecule has 0 saturated carbocycles. The Morgan fingerprint density at radius 1 is 0.750 bits per heavy atom. The van der Waals surface area contributed by atoms with Crippen molar-refractivity contribution in [1.29, 1.82) is 0 Å². The Bertz CT molecular complexity index is 205. The maximum atomic E-state index is 5.77. The van der Waals surface area contributed by atoms with Crippen molar-refractivity contribution in [3.63, 3.8) is 0 Å². The molecule has 1 aliphatic heterocycles. The summed E-state index contributed by atoms with van der Waals surface area (Å²) < 4.78 is 33.7. The maximum absolute atomic E-state index is 5.77. The van der Waals surface area contributed by atoms with Crippen molar-refractivity contribution in [3.8, 4) is 0 Å². The molecule has 0 N–H and O–H groups in total. The first-order valence-corrected chi connectivity index (χ1v) is 12.9. The normalized spacial score (nSPS) is 39.4. The molecule has 1 heterocycles. The van der Waals surface area contributed by atoms with Gasteiger partial charge in [0, 0.05) is 27.3 Å². The van der Waals surface area contributed by atoms with Crippen LogP contribution in [-0.4, -0.2) is 50.4 Å². The Morgan fingerprint density at radius 2 is 1.00 bits per heavy atom. The van der Waals surface area contributed by atoms with Crippen LogP contribution in [0.1, 0.15) is 0 Å². The van der Waals surface area contributed by atoms with Gasteiger partial charge >= 0.3 is 36.2 Å². The Labute approximate surface area is 102 Å². The third kappa shape index (κ3) is 3.83. The molecule has 10 heteroatoms. The molecule has 0 aromatic heterocycles. The van der Waals surface area contributed by atoms with Crippen molar-refractivity contribution < 1.29 is 25.3 Å². The minimum Gasteiger partial charge on any atom is -0.393 e. The molecule has 0 bridgehead atoms. The summed E-state index contributed by atoms with van der Waals surface area (Å²) in [5.74, 6) is 0. The second kappa shape index (κ2) is 5.51. The zero-order valence-corrected chi connectivity index (χ0v) is 14.4. The molecule has 0 aromatic carbocycles. The SMILES string of the molecule is CO[Si]1(C)O[Si](C)O[Si](C)(OC)O[Si](C)O1. The van der Waals surface area contributed by atoms with E-state index in [1.165, 1.54) is 0 Å². The summed E-state index contributed by atoms with van der Waals surface area (Å²) in [7, 11) is -4.94. The summed E-state index contributed by atoms with van der Waals surface area (Å²) in [5.41, 5.74) is 0. The highest BCUT2D eigenvalue weighted by molar-refractivity contribution is 6.81. The molecule has 0 spiro atoms. The first-order valence-electron chi connectivity index (χ1n) is 4.86. The lowest BCUT2D eigenvalue weighted by Crippen LogP contribution is -2.59. The van der Waals surface area contributed by atoms with Crippen LogP contribution >= 0.6 is 0 Å². The van der Waals surface area contributed by atoms with Gasteiger partial charge in [0.05, 0.1) is 0 Å². The lowest BCUT2D eigenvalue weighted by molar-refractivity contribution is 0.133. The van der Waals surface area contributed by atoms with E-state index in [2.05, 4.69) is 0 Å². The van der Waals surface area contributed by atoms with E-state index in [4.69, 9.17) is 25.3 Å². The van der Waals surface area contributed by atoms with Gasteiger partial charge in [-0.25, -0.2) is 0 Å². The average Bonchev–Trinajstić information content (AvgIpc) is 2.14. The molecule has 1 saturated heterocycles. The molecule has 6 nitrogen and oxygen atoms in total. The molecule has 0 unspecified atom stereocenters. The largest absolute Gasteiger partial charge is 0.479 e. The van der Waals surface area contributed by atoms with Crippen molar-refractivity contribution in [2.45, 2.75) is 26.2 Å². The summed E-state index contributed by atoms with van der Waals surface area (Å²) in [6.45, 7) is 7.47. The number of hydrogen-bond donors (Lipinski definition) is 0. The molecule has 0 aromatic rings. The smallest absolute Gasteiger partial charge is 0.393 e. The second-order valence-corrected chi connectivity index (χ2v) is 13.0. The van der Waals surface area contributed by atoms with Crippen LogP contribution in [0.4, 0.5) is 0 Å². The Morgan fingerprint density at radius 3 is 1.19 bits per heavy atom. The fourth-order valence-corrected chi connectivity index (χ4v) is 13.1. The summed E-state index contributed by atoms with van der Waals surface area (Å²) in [6, 6.07) is 0.